The van der Waals surface area contributed by atoms with Crippen LogP contribution in [0.5, 0.6) is 0 Å². The second kappa shape index (κ2) is 44.3. The van der Waals surface area contributed by atoms with Crippen molar-refractivity contribution in [1.82, 2.24) is 4.90 Å². The highest BCUT2D eigenvalue weighted by atomic mass is 16.5. The van der Waals surface area contributed by atoms with Gasteiger partial charge in [0.1, 0.15) is 0 Å². The van der Waals surface area contributed by atoms with Crippen molar-refractivity contribution >= 4 is 11.9 Å². The second-order valence-electron chi connectivity index (χ2n) is 16.8. The summed E-state index contributed by atoms with van der Waals surface area (Å²) in [4.78, 5) is 28.6. The van der Waals surface area contributed by atoms with E-state index >= 15 is 0 Å². The fourth-order valence-electron chi connectivity index (χ4n) is 7.77. The van der Waals surface area contributed by atoms with E-state index in [1.54, 1.807) is 6.08 Å². The first-order valence-corrected chi connectivity index (χ1v) is 24.7. The maximum atomic E-state index is 13.0. The summed E-state index contributed by atoms with van der Waals surface area (Å²) in [7, 11) is 0. The van der Waals surface area contributed by atoms with Crippen molar-refractivity contribution in [3.8, 4) is 11.8 Å². The number of nitrogens with zero attached hydrogens (tertiary/aromatic N) is 1. The zero-order chi connectivity index (χ0) is 41.0. The lowest BCUT2D eigenvalue weighted by Gasteiger charge is -2.22. The third-order valence-corrected chi connectivity index (χ3v) is 11.5. The van der Waals surface area contributed by atoms with Crippen LogP contribution in [0.15, 0.2) is 12.7 Å². The molecule has 0 aliphatic heterocycles. The molecule has 0 N–H and O–H groups in total. The van der Waals surface area contributed by atoms with Gasteiger partial charge in [-0.15, -0.1) is 0 Å². The summed E-state index contributed by atoms with van der Waals surface area (Å²) in [6, 6.07) is 0. The van der Waals surface area contributed by atoms with E-state index in [0.717, 1.165) is 110 Å². The van der Waals surface area contributed by atoms with E-state index in [0.29, 0.717) is 13.2 Å². The maximum absolute atomic E-state index is 13.0. The Balaban J connectivity index is 4.51. The zero-order valence-electron chi connectivity index (χ0n) is 38.1. The minimum Gasteiger partial charge on any atom is -0.465 e. The van der Waals surface area contributed by atoms with Crippen molar-refractivity contribution in [3.63, 3.8) is 0 Å². The standard InChI is InChI=1S/C51H95NO4/c1-6-11-16-21-23-32-41-48(39-30-19-14-9-4)50(53)55-46-37-28-26-35-44-52(43-34-25-18-13-8-3)45-36-27-29-38-47-56-51(54)49(40-31-20-15-10-5)42-33-24-22-17-12-7-2/h8,48-49H,3,6-7,9-12,14-17,19-47H2,1-2,4-5H3. The van der Waals surface area contributed by atoms with E-state index in [9.17, 15) is 9.59 Å². The molecule has 0 radical (unpaired) electrons. The zero-order valence-corrected chi connectivity index (χ0v) is 38.1. The van der Waals surface area contributed by atoms with Crippen LogP contribution in [0.2, 0.25) is 0 Å². The number of hydrogen-bond acceptors (Lipinski definition) is 5. The number of rotatable bonds is 43. The Morgan fingerprint density at radius 2 is 0.786 bits per heavy atom. The molecule has 0 aromatic carbocycles. The molecule has 56 heavy (non-hydrogen) atoms. The molecule has 0 saturated carbocycles. The predicted molar refractivity (Wildman–Crippen MR) is 243 cm³/mol. The van der Waals surface area contributed by atoms with Gasteiger partial charge in [0.15, 0.2) is 0 Å². The fraction of sp³-hybridized carbons (Fsp3) is 0.882. The minimum absolute atomic E-state index is 0.0597. The Bertz CT molecular complexity index is 865. The number of carbonyl (C=O) groups excluding carboxylic acids is 2. The van der Waals surface area contributed by atoms with Gasteiger partial charge in [0.05, 0.1) is 25.0 Å². The van der Waals surface area contributed by atoms with Gasteiger partial charge in [0.25, 0.3) is 0 Å². The van der Waals surface area contributed by atoms with Crippen molar-refractivity contribution in [3.05, 3.63) is 12.7 Å². The molecule has 0 aromatic rings. The molecule has 0 bridgehead atoms. The normalized spacial score (nSPS) is 12.3. The number of allylic oxidation sites excluding steroid dienone is 1. The van der Waals surface area contributed by atoms with Crippen LogP contribution in [0, 0.1) is 23.7 Å². The highest BCUT2D eigenvalue weighted by molar-refractivity contribution is 5.72. The van der Waals surface area contributed by atoms with Crippen LogP contribution in [0.4, 0.5) is 0 Å². The molecule has 0 heterocycles. The van der Waals surface area contributed by atoms with Crippen LogP contribution in [0.3, 0.4) is 0 Å². The molecule has 5 nitrogen and oxygen atoms in total. The Morgan fingerprint density at radius 3 is 1.18 bits per heavy atom. The molecular formula is C51H95NO4. The fourth-order valence-corrected chi connectivity index (χ4v) is 7.77. The van der Waals surface area contributed by atoms with Crippen LogP contribution in [-0.4, -0.2) is 49.7 Å². The van der Waals surface area contributed by atoms with E-state index in [1.165, 1.54) is 128 Å². The number of carbonyl (C=O) groups is 2. The van der Waals surface area contributed by atoms with Gasteiger partial charge >= 0.3 is 11.9 Å². The molecule has 0 saturated heterocycles. The molecule has 0 aromatic heterocycles. The van der Waals surface area contributed by atoms with Gasteiger partial charge < -0.3 is 14.4 Å². The lowest BCUT2D eigenvalue weighted by molar-refractivity contribution is -0.150. The van der Waals surface area contributed by atoms with Crippen LogP contribution in [0.1, 0.15) is 246 Å². The summed E-state index contributed by atoms with van der Waals surface area (Å²) in [6.07, 6.45) is 41.5. The summed E-state index contributed by atoms with van der Waals surface area (Å²) >= 11 is 0. The molecule has 0 rings (SSSR count). The monoisotopic (exact) mass is 786 g/mol. The molecule has 0 amide bonds. The lowest BCUT2D eigenvalue weighted by atomic mass is 9.94. The molecule has 0 aliphatic carbocycles. The summed E-state index contributed by atoms with van der Waals surface area (Å²) in [5, 5.41) is 0. The van der Waals surface area contributed by atoms with E-state index in [-0.39, 0.29) is 23.8 Å². The molecule has 328 valence electrons. The van der Waals surface area contributed by atoms with Gasteiger partial charge in [0, 0.05) is 6.42 Å². The molecule has 2 atom stereocenters. The van der Waals surface area contributed by atoms with E-state index in [1.807, 2.05) is 0 Å². The Labute approximate surface area is 350 Å². The van der Waals surface area contributed by atoms with Crippen LogP contribution in [0.25, 0.3) is 0 Å². The third kappa shape index (κ3) is 36.5. The van der Waals surface area contributed by atoms with E-state index in [2.05, 4.69) is 51.0 Å². The summed E-state index contributed by atoms with van der Waals surface area (Å²) in [5.74, 6) is 6.49. The van der Waals surface area contributed by atoms with Crippen LogP contribution < -0.4 is 0 Å². The average molecular weight is 786 g/mol. The number of esters is 2. The molecule has 0 fully saturated rings. The molecular weight excluding hydrogens is 691 g/mol. The molecule has 2 unspecified atom stereocenters. The smallest absolute Gasteiger partial charge is 0.308 e. The third-order valence-electron chi connectivity index (χ3n) is 11.5. The van der Waals surface area contributed by atoms with Gasteiger partial charge in [-0.25, -0.2) is 0 Å². The minimum atomic E-state index is 0.0597. The van der Waals surface area contributed by atoms with Gasteiger partial charge in [-0.2, -0.15) is 0 Å². The van der Waals surface area contributed by atoms with E-state index in [4.69, 9.17) is 9.47 Å². The molecule has 5 heteroatoms. The Hall–Kier alpha value is -1.80. The number of hydrogen-bond donors (Lipinski definition) is 0. The van der Waals surface area contributed by atoms with Crippen molar-refractivity contribution in [1.29, 1.82) is 0 Å². The quantitative estimate of drug-likeness (QED) is 0.0350. The first-order chi connectivity index (χ1) is 27.5. The van der Waals surface area contributed by atoms with Gasteiger partial charge in [0.2, 0.25) is 0 Å². The van der Waals surface area contributed by atoms with Crippen molar-refractivity contribution in [2.45, 2.75) is 246 Å². The van der Waals surface area contributed by atoms with Crippen LogP contribution in [-0.2, 0) is 19.1 Å². The predicted octanol–water partition coefficient (Wildman–Crippen LogP) is 15.1. The second-order valence-corrected chi connectivity index (χ2v) is 16.8. The Kier molecular flexibility index (Phi) is 42.9. The lowest BCUT2D eigenvalue weighted by Crippen LogP contribution is -2.27. The summed E-state index contributed by atoms with van der Waals surface area (Å²) in [5.41, 5.74) is 0. The average Bonchev–Trinajstić information content (AvgIpc) is 3.20. The first-order valence-electron chi connectivity index (χ1n) is 24.7. The van der Waals surface area contributed by atoms with E-state index < -0.39 is 0 Å². The van der Waals surface area contributed by atoms with Gasteiger partial charge in [-0.05, 0) is 83.5 Å². The van der Waals surface area contributed by atoms with Crippen LogP contribution >= 0.6 is 0 Å². The summed E-state index contributed by atoms with van der Waals surface area (Å²) < 4.78 is 11.7. The summed E-state index contributed by atoms with van der Waals surface area (Å²) in [6.45, 7) is 17.2. The topological polar surface area (TPSA) is 55.8 Å². The SMILES string of the molecule is C=CC#CCCCN(CCCCCCOC(=O)C(CCCCCC)CCCCCCCC)CCCCCCOC(=O)C(CCCCCC)CCCCCCCC. The number of ether oxygens (including phenoxy) is 2. The first kappa shape index (κ1) is 54.2. The molecule has 0 spiro atoms. The van der Waals surface area contributed by atoms with Gasteiger partial charge in [-0.3, -0.25) is 9.59 Å². The highest BCUT2D eigenvalue weighted by Gasteiger charge is 2.20. The van der Waals surface area contributed by atoms with Crippen molar-refractivity contribution in [2.75, 3.05) is 32.8 Å². The molecule has 0 aliphatic rings. The van der Waals surface area contributed by atoms with Crippen molar-refractivity contribution < 1.29 is 19.1 Å². The number of unbranched alkanes of at least 4 members (excludes halogenated alkanes) is 23. The highest BCUT2D eigenvalue weighted by Crippen LogP contribution is 2.22. The van der Waals surface area contributed by atoms with Gasteiger partial charge in [-0.1, -0.05) is 200 Å². The van der Waals surface area contributed by atoms with Crippen molar-refractivity contribution in [2.24, 2.45) is 11.8 Å². The Morgan fingerprint density at radius 1 is 0.464 bits per heavy atom. The maximum Gasteiger partial charge on any atom is 0.308 e. The largest absolute Gasteiger partial charge is 0.465 e.